The van der Waals surface area contributed by atoms with Crippen molar-refractivity contribution in [2.45, 2.75) is 96.7 Å². The number of rotatable bonds is 5. The summed E-state index contributed by atoms with van der Waals surface area (Å²) in [6.45, 7) is 13.9. The third-order valence-electron chi connectivity index (χ3n) is 7.01. The second-order valence-electron chi connectivity index (χ2n) is 12.0. The van der Waals surface area contributed by atoms with Crippen LogP contribution in [0.1, 0.15) is 89.5 Å². The van der Waals surface area contributed by atoms with Gasteiger partial charge in [0.25, 0.3) is 0 Å². The van der Waals surface area contributed by atoms with Crippen molar-refractivity contribution in [2.75, 3.05) is 7.05 Å². The number of nitrogens with zero attached hydrogens (tertiary/aromatic N) is 2. The molecule has 0 heterocycles. The SMILES string of the molecule is CN(Cc1cc(C(C)(C)C)cc(C(C)(C)C)c1O)[C@H]1CCCC[C@@H]1N=Cc1cc(I)cc(I)c1O. The quantitative estimate of drug-likeness (QED) is 0.248. The molecule has 2 aromatic carbocycles. The van der Waals surface area contributed by atoms with E-state index < -0.39 is 0 Å². The lowest BCUT2D eigenvalue weighted by Crippen LogP contribution is -2.42. The topological polar surface area (TPSA) is 56.1 Å². The van der Waals surface area contributed by atoms with E-state index in [0.29, 0.717) is 24.1 Å². The highest BCUT2D eigenvalue weighted by atomic mass is 127. The van der Waals surface area contributed by atoms with Gasteiger partial charge in [-0.3, -0.25) is 9.89 Å². The fourth-order valence-corrected chi connectivity index (χ4v) is 6.74. The van der Waals surface area contributed by atoms with Crippen LogP contribution in [0.25, 0.3) is 0 Å². The van der Waals surface area contributed by atoms with E-state index in [1.807, 2.05) is 18.3 Å². The summed E-state index contributed by atoms with van der Waals surface area (Å²) in [4.78, 5) is 7.35. The first-order valence-electron chi connectivity index (χ1n) is 12.5. The fraction of sp³-hybridized carbons (Fsp3) is 0.552. The van der Waals surface area contributed by atoms with E-state index in [0.717, 1.165) is 36.7 Å². The molecule has 2 aromatic rings. The number of aliphatic imine (C=N–C) groups is 1. The van der Waals surface area contributed by atoms with Crippen LogP contribution >= 0.6 is 45.2 Å². The van der Waals surface area contributed by atoms with Crippen molar-refractivity contribution < 1.29 is 10.2 Å². The van der Waals surface area contributed by atoms with Gasteiger partial charge in [0, 0.05) is 33.5 Å². The van der Waals surface area contributed by atoms with Gasteiger partial charge in [-0.2, -0.15) is 0 Å². The maximum Gasteiger partial charge on any atom is 0.137 e. The van der Waals surface area contributed by atoms with Crippen molar-refractivity contribution in [3.05, 3.63) is 53.7 Å². The molecule has 0 bridgehead atoms. The van der Waals surface area contributed by atoms with Crippen LogP contribution in [-0.4, -0.2) is 40.5 Å². The first-order valence-corrected chi connectivity index (χ1v) is 14.6. The predicted octanol–water partition coefficient (Wildman–Crippen LogP) is 7.76. The highest BCUT2D eigenvalue weighted by molar-refractivity contribution is 14.1. The second kappa shape index (κ2) is 11.3. The summed E-state index contributed by atoms with van der Waals surface area (Å²) in [6.07, 6.45) is 6.33. The Balaban J connectivity index is 1.90. The van der Waals surface area contributed by atoms with Gasteiger partial charge >= 0.3 is 0 Å². The lowest BCUT2D eigenvalue weighted by Gasteiger charge is -2.37. The van der Waals surface area contributed by atoms with E-state index in [1.165, 1.54) is 18.4 Å². The van der Waals surface area contributed by atoms with Crippen molar-refractivity contribution in [1.82, 2.24) is 4.90 Å². The van der Waals surface area contributed by atoms with Crippen molar-refractivity contribution in [2.24, 2.45) is 4.99 Å². The first-order chi connectivity index (χ1) is 16.2. The molecule has 0 saturated heterocycles. The summed E-state index contributed by atoms with van der Waals surface area (Å²) in [6, 6.07) is 8.77. The van der Waals surface area contributed by atoms with Crippen LogP contribution in [0.2, 0.25) is 0 Å². The van der Waals surface area contributed by atoms with Gasteiger partial charge in [0.05, 0.1) is 9.61 Å². The number of halogens is 2. The van der Waals surface area contributed by atoms with Gasteiger partial charge in [0.15, 0.2) is 0 Å². The van der Waals surface area contributed by atoms with E-state index in [2.05, 4.69) is 111 Å². The Morgan fingerprint density at radius 2 is 1.60 bits per heavy atom. The van der Waals surface area contributed by atoms with Gasteiger partial charge in [0.1, 0.15) is 11.5 Å². The molecular weight excluding hydrogens is 662 g/mol. The first kappa shape index (κ1) is 28.7. The molecule has 0 aliphatic heterocycles. The largest absolute Gasteiger partial charge is 0.507 e. The molecular formula is C29H40I2N2O2. The average Bonchev–Trinajstić information content (AvgIpc) is 2.75. The van der Waals surface area contributed by atoms with Crippen molar-refractivity contribution in [3.63, 3.8) is 0 Å². The third kappa shape index (κ3) is 7.12. The van der Waals surface area contributed by atoms with Crippen LogP contribution in [0.15, 0.2) is 29.3 Å². The van der Waals surface area contributed by atoms with Gasteiger partial charge in [0.2, 0.25) is 0 Å². The monoisotopic (exact) mass is 702 g/mol. The van der Waals surface area contributed by atoms with E-state index >= 15 is 0 Å². The normalized spacial score (nSPS) is 19.6. The van der Waals surface area contributed by atoms with Gasteiger partial charge in [-0.25, -0.2) is 0 Å². The van der Waals surface area contributed by atoms with Crippen LogP contribution in [0.3, 0.4) is 0 Å². The zero-order valence-electron chi connectivity index (χ0n) is 22.1. The standard InChI is InChI=1S/C29H40I2N2O2/c1-28(2,3)20-12-19(26(34)22(14-20)29(4,5)6)17-33(7)25-11-9-8-10-24(25)32-16-18-13-21(30)15-23(31)27(18)35/h12-16,24-25,34-35H,8-11,17H2,1-7H3/t24-,25-/m0/s1. The molecule has 1 saturated carbocycles. The molecule has 0 amide bonds. The molecule has 6 heteroatoms. The Hall–Kier alpha value is -0.870. The van der Waals surface area contributed by atoms with Crippen LogP contribution in [0, 0.1) is 7.14 Å². The van der Waals surface area contributed by atoms with E-state index in [9.17, 15) is 10.2 Å². The lowest BCUT2D eigenvalue weighted by molar-refractivity contribution is 0.162. The summed E-state index contributed by atoms with van der Waals surface area (Å²) >= 11 is 4.45. The smallest absolute Gasteiger partial charge is 0.137 e. The van der Waals surface area contributed by atoms with Crippen LogP contribution in [0.4, 0.5) is 0 Å². The summed E-state index contributed by atoms with van der Waals surface area (Å²) in [5.41, 5.74) is 3.90. The summed E-state index contributed by atoms with van der Waals surface area (Å²) in [5, 5.41) is 21.8. The van der Waals surface area contributed by atoms with E-state index in [-0.39, 0.29) is 16.9 Å². The summed E-state index contributed by atoms with van der Waals surface area (Å²) in [5.74, 6) is 0.723. The van der Waals surface area contributed by atoms with Gasteiger partial charge < -0.3 is 10.2 Å². The van der Waals surface area contributed by atoms with Crippen molar-refractivity contribution in [3.8, 4) is 11.5 Å². The molecule has 2 atom stereocenters. The summed E-state index contributed by atoms with van der Waals surface area (Å²) in [7, 11) is 2.16. The number of phenols is 2. The molecule has 0 aromatic heterocycles. The third-order valence-corrected chi connectivity index (χ3v) is 8.45. The highest BCUT2D eigenvalue weighted by Gasteiger charge is 2.30. The minimum absolute atomic E-state index is 0.00536. The second-order valence-corrected chi connectivity index (χ2v) is 14.4. The van der Waals surface area contributed by atoms with Crippen molar-refractivity contribution in [1.29, 1.82) is 0 Å². The molecule has 1 fully saturated rings. The molecule has 1 aliphatic rings. The Labute approximate surface area is 238 Å². The number of hydrogen-bond donors (Lipinski definition) is 2. The van der Waals surface area contributed by atoms with Crippen LogP contribution in [0.5, 0.6) is 11.5 Å². The molecule has 0 unspecified atom stereocenters. The highest BCUT2D eigenvalue weighted by Crippen LogP contribution is 2.39. The molecule has 0 radical (unpaired) electrons. The molecule has 4 nitrogen and oxygen atoms in total. The van der Waals surface area contributed by atoms with Gasteiger partial charge in [-0.15, -0.1) is 0 Å². The maximum absolute atomic E-state index is 11.3. The maximum atomic E-state index is 11.3. The molecule has 35 heavy (non-hydrogen) atoms. The minimum atomic E-state index is -0.136. The zero-order chi connectivity index (χ0) is 26.1. The molecule has 3 rings (SSSR count). The number of phenolic OH excluding ortho intramolecular Hbond substituents is 2. The zero-order valence-corrected chi connectivity index (χ0v) is 26.4. The van der Waals surface area contributed by atoms with Gasteiger partial charge in [-0.1, -0.05) is 66.5 Å². The Morgan fingerprint density at radius 3 is 2.23 bits per heavy atom. The Kier molecular flexibility index (Phi) is 9.23. The Morgan fingerprint density at radius 1 is 0.943 bits per heavy atom. The van der Waals surface area contributed by atoms with Crippen LogP contribution in [-0.2, 0) is 17.4 Å². The predicted molar refractivity (Wildman–Crippen MR) is 164 cm³/mol. The average molecular weight is 702 g/mol. The number of aromatic hydroxyl groups is 2. The number of likely N-dealkylation sites (N-methyl/N-ethyl adjacent to an activating group) is 1. The van der Waals surface area contributed by atoms with Crippen LogP contribution < -0.4 is 0 Å². The molecule has 0 spiro atoms. The molecule has 1 aliphatic carbocycles. The number of benzene rings is 2. The van der Waals surface area contributed by atoms with Crippen molar-refractivity contribution >= 4 is 51.4 Å². The molecule has 192 valence electrons. The fourth-order valence-electron chi connectivity index (χ4n) is 4.85. The lowest BCUT2D eigenvalue weighted by atomic mass is 9.78. The van der Waals surface area contributed by atoms with E-state index in [1.54, 1.807) is 0 Å². The summed E-state index contributed by atoms with van der Waals surface area (Å²) < 4.78 is 1.93. The van der Waals surface area contributed by atoms with Gasteiger partial charge in [-0.05, 0) is 99.2 Å². The van der Waals surface area contributed by atoms with E-state index in [4.69, 9.17) is 4.99 Å². The number of hydrogen-bond acceptors (Lipinski definition) is 4. The Bertz CT molecular complexity index is 1080. The molecule has 2 N–H and O–H groups in total. The minimum Gasteiger partial charge on any atom is -0.507 e.